The minimum absolute atomic E-state index is 0.615. The SMILES string of the molecule is C[C@@H]1[C@@H](NCCNC[C@@H]2CCC3C[C@@H]2C3(C)C)C[C@H]2C[C@@H]1C2(C)C. The van der Waals surface area contributed by atoms with Crippen LogP contribution >= 0.6 is 0 Å². The summed E-state index contributed by atoms with van der Waals surface area (Å²) in [6, 6.07) is 0.768. The number of nitrogens with one attached hydrogen (secondary N) is 2. The molecular weight excluding hydrogens is 292 g/mol. The van der Waals surface area contributed by atoms with Gasteiger partial charge < -0.3 is 10.6 Å². The topological polar surface area (TPSA) is 24.1 Å². The number of rotatable bonds is 6. The van der Waals surface area contributed by atoms with E-state index >= 15 is 0 Å². The van der Waals surface area contributed by atoms with Crippen molar-refractivity contribution in [3.8, 4) is 0 Å². The lowest BCUT2D eigenvalue weighted by atomic mass is 9.45. The van der Waals surface area contributed by atoms with Crippen molar-refractivity contribution in [1.29, 1.82) is 0 Å². The van der Waals surface area contributed by atoms with Crippen molar-refractivity contribution in [2.75, 3.05) is 19.6 Å². The van der Waals surface area contributed by atoms with Crippen molar-refractivity contribution in [1.82, 2.24) is 10.6 Å². The monoisotopic (exact) mass is 332 g/mol. The molecule has 0 aromatic heterocycles. The minimum atomic E-state index is 0.615. The first-order valence-corrected chi connectivity index (χ1v) is 10.8. The lowest BCUT2D eigenvalue weighted by Crippen LogP contribution is -2.60. The summed E-state index contributed by atoms with van der Waals surface area (Å²) in [5.41, 5.74) is 1.25. The molecule has 0 aromatic rings. The largest absolute Gasteiger partial charge is 0.315 e. The lowest BCUT2D eigenvalue weighted by Gasteiger charge is -2.62. The molecule has 6 rings (SSSR count). The van der Waals surface area contributed by atoms with Crippen molar-refractivity contribution in [2.45, 2.75) is 72.8 Å². The summed E-state index contributed by atoms with van der Waals surface area (Å²) in [4.78, 5) is 0. The van der Waals surface area contributed by atoms with Crippen molar-refractivity contribution < 1.29 is 0 Å². The maximum atomic E-state index is 3.88. The zero-order valence-electron chi connectivity index (χ0n) is 16.7. The smallest absolute Gasteiger partial charge is 0.00989 e. The number of hydrogen-bond acceptors (Lipinski definition) is 2. The van der Waals surface area contributed by atoms with Gasteiger partial charge >= 0.3 is 0 Å². The average Bonchev–Trinajstić information content (AvgIpc) is 2.55. The van der Waals surface area contributed by atoms with Gasteiger partial charge in [0.25, 0.3) is 0 Å². The molecule has 4 bridgehead atoms. The Morgan fingerprint density at radius 2 is 1.54 bits per heavy atom. The van der Waals surface area contributed by atoms with Gasteiger partial charge in [-0.2, -0.15) is 0 Å². The van der Waals surface area contributed by atoms with Crippen LogP contribution in [-0.2, 0) is 0 Å². The normalized spacial score (nSPS) is 47.6. The maximum absolute atomic E-state index is 3.88. The molecule has 7 atom stereocenters. The molecule has 0 heterocycles. The molecule has 2 nitrogen and oxygen atoms in total. The van der Waals surface area contributed by atoms with Crippen LogP contribution in [0.15, 0.2) is 0 Å². The second-order valence-corrected chi connectivity index (χ2v) is 10.9. The van der Waals surface area contributed by atoms with E-state index in [9.17, 15) is 0 Å². The molecule has 2 N–H and O–H groups in total. The molecule has 6 fully saturated rings. The van der Waals surface area contributed by atoms with E-state index in [0.717, 1.165) is 54.6 Å². The van der Waals surface area contributed by atoms with E-state index < -0.39 is 0 Å². The number of fused-ring (bicyclic) bond motifs is 4. The van der Waals surface area contributed by atoms with E-state index in [1.807, 2.05) is 0 Å². The van der Waals surface area contributed by atoms with Crippen LogP contribution < -0.4 is 10.6 Å². The first-order valence-electron chi connectivity index (χ1n) is 10.8. The molecule has 2 heteroatoms. The first-order chi connectivity index (χ1) is 11.3. The van der Waals surface area contributed by atoms with Crippen LogP contribution in [0.1, 0.15) is 66.7 Å². The van der Waals surface area contributed by atoms with Crippen LogP contribution in [0.5, 0.6) is 0 Å². The molecule has 24 heavy (non-hydrogen) atoms. The highest BCUT2D eigenvalue weighted by molar-refractivity contribution is 5.07. The molecule has 0 aliphatic heterocycles. The summed E-state index contributed by atoms with van der Waals surface area (Å²) >= 11 is 0. The fourth-order valence-corrected chi connectivity index (χ4v) is 7.26. The van der Waals surface area contributed by atoms with E-state index in [4.69, 9.17) is 0 Å². The molecule has 0 aromatic carbocycles. The standard InChI is InChI=1S/C22H40N2/c1-14-18-11-17(22(18,4)5)12-20(14)24-9-8-23-13-15-6-7-16-10-19(15)21(16,2)3/h14-20,23-24H,6-13H2,1-5H3/t14-,15-,16?,17+,18-,19-,20-/m0/s1. The summed E-state index contributed by atoms with van der Waals surface area (Å²) in [6.45, 7) is 16.1. The van der Waals surface area contributed by atoms with E-state index in [1.165, 1.54) is 38.6 Å². The van der Waals surface area contributed by atoms with Crippen LogP contribution in [0.2, 0.25) is 0 Å². The van der Waals surface area contributed by atoms with Gasteiger partial charge in [0.15, 0.2) is 0 Å². The van der Waals surface area contributed by atoms with Gasteiger partial charge in [-0.1, -0.05) is 34.6 Å². The van der Waals surface area contributed by atoms with Gasteiger partial charge in [-0.25, -0.2) is 0 Å². The van der Waals surface area contributed by atoms with E-state index in [0.29, 0.717) is 10.8 Å². The Kier molecular flexibility index (Phi) is 4.32. The van der Waals surface area contributed by atoms with Gasteiger partial charge in [-0.3, -0.25) is 0 Å². The predicted octanol–water partition coefficient (Wildman–Crippen LogP) is 4.31. The second-order valence-electron chi connectivity index (χ2n) is 10.9. The molecule has 0 saturated heterocycles. The third kappa shape index (κ3) is 2.58. The average molecular weight is 333 g/mol. The summed E-state index contributed by atoms with van der Waals surface area (Å²) < 4.78 is 0. The molecule has 6 aliphatic carbocycles. The number of hydrogen-bond donors (Lipinski definition) is 2. The highest BCUT2D eigenvalue weighted by Crippen LogP contribution is 2.62. The molecular formula is C22H40N2. The second kappa shape index (κ2) is 5.98. The molecule has 0 radical (unpaired) electrons. The van der Waals surface area contributed by atoms with Gasteiger partial charge in [0.05, 0.1) is 0 Å². The van der Waals surface area contributed by atoms with Gasteiger partial charge in [0, 0.05) is 19.1 Å². The summed E-state index contributed by atoms with van der Waals surface area (Å²) in [7, 11) is 0. The molecule has 1 unspecified atom stereocenters. The lowest BCUT2D eigenvalue weighted by molar-refractivity contribution is -0.115. The fraction of sp³-hybridized carbons (Fsp3) is 1.00. The van der Waals surface area contributed by atoms with Crippen LogP contribution in [0.4, 0.5) is 0 Å². The Bertz CT molecular complexity index is 467. The van der Waals surface area contributed by atoms with Gasteiger partial charge in [0.1, 0.15) is 0 Å². The minimum Gasteiger partial charge on any atom is -0.315 e. The molecule has 0 spiro atoms. The van der Waals surface area contributed by atoms with Gasteiger partial charge in [-0.05, 0) is 85.0 Å². The quantitative estimate of drug-likeness (QED) is 0.708. The van der Waals surface area contributed by atoms with Crippen molar-refractivity contribution >= 4 is 0 Å². The van der Waals surface area contributed by atoms with Crippen LogP contribution in [0.25, 0.3) is 0 Å². The van der Waals surface area contributed by atoms with Gasteiger partial charge in [-0.15, -0.1) is 0 Å². The third-order valence-corrected chi connectivity index (χ3v) is 9.47. The van der Waals surface area contributed by atoms with Gasteiger partial charge in [0.2, 0.25) is 0 Å². The van der Waals surface area contributed by atoms with Crippen LogP contribution in [-0.4, -0.2) is 25.7 Å². The molecule has 6 saturated carbocycles. The zero-order chi connectivity index (χ0) is 17.1. The molecule has 0 amide bonds. The molecule has 6 aliphatic rings. The Morgan fingerprint density at radius 3 is 2.17 bits per heavy atom. The highest BCUT2D eigenvalue weighted by atomic mass is 15.0. The van der Waals surface area contributed by atoms with E-state index in [1.54, 1.807) is 0 Å². The van der Waals surface area contributed by atoms with E-state index in [-0.39, 0.29) is 0 Å². The maximum Gasteiger partial charge on any atom is 0.00989 e. The Morgan fingerprint density at radius 1 is 0.833 bits per heavy atom. The molecule has 138 valence electrons. The zero-order valence-corrected chi connectivity index (χ0v) is 16.7. The Hall–Kier alpha value is -0.0800. The summed E-state index contributed by atoms with van der Waals surface area (Å²) in [5.74, 6) is 5.74. The highest BCUT2D eigenvalue weighted by Gasteiger charge is 2.56. The first kappa shape index (κ1) is 17.3. The Balaban J connectivity index is 1.15. The summed E-state index contributed by atoms with van der Waals surface area (Å²) in [6.07, 6.45) is 7.36. The fourth-order valence-electron chi connectivity index (χ4n) is 7.26. The van der Waals surface area contributed by atoms with Crippen LogP contribution in [0, 0.1) is 46.3 Å². The van der Waals surface area contributed by atoms with Crippen molar-refractivity contribution in [2.24, 2.45) is 46.3 Å². The third-order valence-electron chi connectivity index (χ3n) is 9.47. The van der Waals surface area contributed by atoms with Crippen molar-refractivity contribution in [3.05, 3.63) is 0 Å². The van der Waals surface area contributed by atoms with E-state index in [2.05, 4.69) is 45.3 Å². The van der Waals surface area contributed by atoms with Crippen molar-refractivity contribution in [3.63, 3.8) is 0 Å². The van der Waals surface area contributed by atoms with Crippen LogP contribution in [0.3, 0.4) is 0 Å². The Labute approximate surface area is 149 Å². The predicted molar refractivity (Wildman–Crippen MR) is 102 cm³/mol. The summed E-state index contributed by atoms with van der Waals surface area (Å²) in [5, 5.41) is 7.66.